The monoisotopic (exact) mass is 248 g/mol. The Morgan fingerprint density at radius 3 is 2.53 bits per heavy atom. The highest BCUT2D eigenvalue weighted by atomic mass is 19.4. The fourth-order valence-electron chi connectivity index (χ4n) is 1.64. The number of hydrogen-bond donors (Lipinski definition) is 1. The second kappa shape index (κ2) is 3.71. The van der Waals surface area contributed by atoms with E-state index in [1.807, 2.05) is 0 Å². The average molecular weight is 248 g/mol. The summed E-state index contributed by atoms with van der Waals surface area (Å²) in [6, 6.07) is -1.81. The average Bonchev–Trinajstić information content (AvgIpc) is 2.94. The highest BCUT2D eigenvalue weighted by Crippen LogP contribution is 2.43. The molecule has 8 heteroatoms. The highest BCUT2D eigenvalue weighted by Gasteiger charge is 2.43. The Bertz CT molecular complexity index is 450. The maximum absolute atomic E-state index is 12.6. The number of rotatable bonds is 3. The van der Waals surface area contributed by atoms with E-state index in [1.165, 1.54) is 0 Å². The molecular formula is C9H11F3N4O. The Morgan fingerprint density at radius 2 is 2.12 bits per heavy atom. The van der Waals surface area contributed by atoms with Gasteiger partial charge in [0, 0.05) is 5.92 Å². The van der Waals surface area contributed by atoms with Crippen LogP contribution in [-0.4, -0.2) is 27.1 Å². The molecule has 1 aliphatic rings. The van der Waals surface area contributed by atoms with Gasteiger partial charge in [0.2, 0.25) is 0 Å². The lowest BCUT2D eigenvalue weighted by Gasteiger charge is -2.17. The van der Waals surface area contributed by atoms with Gasteiger partial charge in [-0.15, -0.1) is 5.10 Å². The van der Waals surface area contributed by atoms with Crippen molar-refractivity contribution in [1.82, 2.24) is 15.0 Å². The zero-order valence-electron chi connectivity index (χ0n) is 9.03. The number of nitrogens with zero attached hydrogens (tertiary/aromatic N) is 3. The first-order valence-corrected chi connectivity index (χ1v) is 5.14. The molecule has 1 heterocycles. The van der Waals surface area contributed by atoms with Gasteiger partial charge in [0.25, 0.3) is 5.91 Å². The topological polar surface area (TPSA) is 73.8 Å². The van der Waals surface area contributed by atoms with Gasteiger partial charge in [0.05, 0.1) is 5.69 Å². The number of aromatic nitrogens is 3. The quantitative estimate of drug-likeness (QED) is 0.878. The van der Waals surface area contributed by atoms with Crippen LogP contribution >= 0.6 is 0 Å². The first kappa shape index (κ1) is 11.9. The summed E-state index contributed by atoms with van der Waals surface area (Å²) in [5.74, 6) is -0.926. The molecule has 1 aromatic heterocycles. The lowest BCUT2D eigenvalue weighted by Crippen LogP contribution is -2.26. The Balaban J connectivity index is 2.44. The molecule has 1 aromatic rings. The van der Waals surface area contributed by atoms with Crippen molar-refractivity contribution in [3.8, 4) is 0 Å². The summed E-state index contributed by atoms with van der Waals surface area (Å²) in [6.07, 6.45) is -2.96. The second-order valence-corrected chi connectivity index (χ2v) is 4.12. The van der Waals surface area contributed by atoms with E-state index in [0.29, 0.717) is 0 Å². The van der Waals surface area contributed by atoms with Crippen LogP contribution in [-0.2, 0) is 0 Å². The van der Waals surface area contributed by atoms with Crippen LogP contribution in [0.25, 0.3) is 0 Å². The predicted octanol–water partition coefficient (Wildman–Crippen LogP) is 1.38. The lowest BCUT2D eigenvalue weighted by molar-refractivity contribution is -0.166. The van der Waals surface area contributed by atoms with Gasteiger partial charge in [0.1, 0.15) is 6.04 Å². The van der Waals surface area contributed by atoms with Gasteiger partial charge >= 0.3 is 6.18 Å². The van der Waals surface area contributed by atoms with Crippen molar-refractivity contribution in [2.24, 2.45) is 5.73 Å². The zero-order chi connectivity index (χ0) is 12.8. The van der Waals surface area contributed by atoms with E-state index in [-0.39, 0.29) is 17.3 Å². The van der Waals surface area contributed by atoms with Crippen molar-refractivity contribution in [2.75, 3.05) is 0 Å². The number of carbonyl (C=O) groups excluding carboxylic acids is 1. The van der Waals surface area contributed by atoms with Crippen LogP contribution in [0.1, 0.15) is 47.9 Å². The van der Waals surface area contributed by atoms with Gasteiger partial charge < -0.3 is 5.73 Å². The molecule has 2 N–H and O–H groups in total. The summed E-state index contributed by atoms with van der Waals surface area (Å²) in [4.78, 5) is 11.1. The van der Waals surface area contributed by atoms with Crippen molar-refractivity contribution in [2.45, 2.75) is 37.9 Å². The number of amides is 1. The Kier molecular flexibility index (Phi) is 2.59. The summed E-state index contributed by atoms with van der Waals surface area (Å²) in [7, 11) is 0. The number of alkyl halides is 3. The van der Waals surface area contributed by atoms with Gasteiger partial charge in [-0.2, -0.15) is 13.2 Å². The van der Waals surface area contributed by atoms with Crippen molar-refractivity contribution in [3.63, 3.8) is 0 Å². The first-order chi connectivity index (χ1) is 7.82. The third-order valence-electron chi connectivity index (χ3n) is 2.77. The van der Waals surface area contributed by atoms with Gasteiger partial charge in [-0.25, -0.2) is 4.68 Å². The maximum atomic E-state index is 12.6. The fourth-order valence-corrected chi connectivity index (χ4v) is 1.64. The summed E-state index contributed by atoms with van der Waals surface area (Å²) >= 11 is 0. The maximum Gasteiger partial charge on any atom is 0.410 e. The minimum atomic E-state index is -4.42. The van der Waals surface area contributed by atoms with E-state index in [4.69, 9.17) is 5.73 Å². The lowest BCUT2D eigenvalue weighted by atomic mass is 10.2. The fraction of sp³-hybridized carbons (Fsp3) is 0.667. The minimum absolute atomic E-state index is 0.0858. The summed E-state index contributed by atoms with van der Waals surface area (Å²) in [6.45, 7) is 0.978. The molecule has 0 aromatic carbocycles. The molecule has 1 aliphatic carbocycles. The molecule has 1 unspecified atom stereocenters. The van der Waals surface area contributed by atoms with Crippen LogP contribution in [0.2, 0.25) is 0 Å². The number of carbonyl (C=O) groups is 1. The largest absolute Gasteiger partial charge is 0.410 e. The molecule has 1 amide bonds. The van der Waals surface area contributed by atoms with Gasteiger partial charge in [0.15, 0.2) is 5.69 Å². The SMILES string of the molecule is CC(n1nnc(C(N)=O)c1C1CC1)C(F)(F)F. The summed E-state index contributed by atoms with van der Waals surface area (Å²) < 4.78 is 38.6. The van der Waals surface area contributed by atoms with E-state index < -0.39 is 18.1 Å². The molecule has 1 atom stereocenters. The third-order valence-corrected chi connectivity index (χ3v) is 2.77. The van der Waals surface area contributed by atoms with Crippen LogP contribution in [0, 0.1) is 0 Å². The third kappa shape index (κ3) is 2.11. The molecule has 0 aliphatic heterocycles. The summed E-state index contributed by atoms with van der Waals surface area (Å²) in [5, 5.41) is 6.86. The van der Waals surface area contributed by atoms with Crippen LogP contribution in [0.5, 0.6) is 0 Å². The first-order valence-electron chi connectivity index (χ1n) is 5.14. The molecule has 1 saturated carbocycles. The molecule has 1 fully saturated rings. The molecule has 0 radical (unpaired) electrons. The van der Waals surface area contributed by atoms with Crippen molar-refractivity contribution >= 4 is 5.91 Å². The Morgan fingerprint density at radius 1 is 1.53 bits per heavy atom. The van der Waals surface area contributed by atoms with E-state index in [0.717, 1.165) is 24.4 Å². The second-order valence-electron chi connectivity index (χ2n) is 4.12. The number of primary amides is 1. The molecular weight excluding hydrogens is 237 g/mol. The number of nitrogens with two attached hydrogens (primary N) is 1. The molecule has 0 saturated heterocycles. The van der Waals surface area contributed by atoms with E-state index in [9.17, 15) is 18.0 Å². The number of halogens is 3. The minimum Gasteiger partial charge on any atom is -0.364 e. The van der Waals surface area contributed by atoms with Crippen molar-refractivity contribution in [1.29, 1.82) is 0 Å². The predicted molar refractivity (Wildman–Crippen MR) is 51.3 cm³/mol. The standard InChI is InChI=1S/C9H11F3N4O/c1-4(9(10,11)12)16-7(5-2-3-5)6(8(13)17)14-15-16/h4-5H,2-3H2,1H3,(H2,13,17). The van der Waals surface area contributed by atoms with Gasteiger partial charge in [-0.05, 0) is 19.8 Å². The van der Waals surface area contributed by atoms with Crippen LogP contribution in [0.4, 0.5) is 13.2 Å². The normalized spacial score (nSPS) is 18.1. The highest BCUT2D eigenvalue weighted by molar-refractivity contribution is 5.92. The summed E-state index contributed by atoms with van der Waals surface area (Å²) in [5.41, 5.74) is 5.13. The zero-order valence-corrected chi connectivity index (χ0v) is 9.03. The molecule has 0 spiro atoms. The number of hydrogen-bond acceptors (Lipinski definition) is 3. The van der Waals surface area contributed by atoms with E-state index in [2.05, 4.69) is 10.3 Å². The van der Waals surface area contributed by atoms with Crippen LogP contribution < -0.4 is 5.73 Å². The van der Waals surface area contributed by atoms with Crippen LogP contribution in [0.3, 0.4) is 0 Å². The van der Waals surface area contributed by atoms with E-state index in [1.54, 1.807) is 0 Å². The van der Waals surface area contributed by atoms with Crippen molar-refractivity contribution < 1.29 is 18.0 Å². The molecule has 0 bridgehead atoms. The molecule has 17 heavy (non-hydrogen) atoms. The molecule has 2 rings (SSSR count). The van der Waals surface area contributed by atoms with Crippen LogP contribution in [0.15, 0.2) is 0 Å². The van der Waals surface area contributed by atoms with Crippen molar-refractivity contribution in [3.05, 3.63) is 11.4 Å². The molecule has 5 nitrogen and oxygen atoms in total. The molecule has 94 valence electrons. The van der Waals surface area contributed by atoms with Gasteiger partial charge in [-0.3, -0.25) is 4.79 Å². The Hall–Kier alpha value is -1.60. The smallest absolute Gasteiger partial charge is 0.364 e. The Labute approximate surface area is 94.8 Å². The van der Waals surface area contributed by atoms with Gasteiger partial charge in [-0.1, -0.05) is 5.21 Å². The van der Waals surface area contributed by atoms with E-state index >= 15 is 0 Å².